The van der Waals surface area contributed by atoms with Crippen LogP contribution in [0.4, 0.5) is 10.1 Å². The van der Waals surface area contributed by atoms with Crippen LogP contribution in [0.25, 0.3) is 0 Å². The molecule has 0 spiro atoms. The Morgan fingerprint density at radius 1 is 1.22 bits per heavy atom. The summed E-state index contributed by atoms with van der Waals surface area (Å²) in [4.78, 5) is 15.9. The van der Waals surface area contributed by atoms with E-state index in [-0.39, 0.29) is 12.4 Å². The number of pyridine rings is 1. The Labute approximate surface area is 131 Å². The maximum atomic E-state index is 14.0. The van der Waals surface area contributed by atoms with E-state index in [2.05, 4.69) is 20.5 Å². The first kappa shape index (κ1) is 14.7. The van der Waals surface area contributed by atoms with Gasteiger partial charge in [-0.25, -0.2) is 4.39 Å². The first-order chi connectivity index (χ1) is 11.2. The molecule has 2 heterocycles. The van der Waals surface area contributed by atoms with Crippen molar-refractivity contribution in [1.82, 2.24) is 15.2 Å². The molecule has 1 amide bonds. The van der Waals surface area contributed by atoms with Crippen LogP contribution in [0.3, 0.4) is 0 Å². The Morgan fingerprint density at radius 2 is 2.13 bits per heavy atom. The Bertz CT molecular complexity index is 791. The van der Waals surface area contributed by atoms with Gasteiger partial charge in [-0.3, -0.25) is 14.9 Å². The van der Waals surface area contributed by atoms with E-state index in [1.165, 1.54) is 24.4 Å². The standard InChI is InChI=1S/C16H13FN4O2/c17-13-9-11(20-16(22)14-6-8-19-21-14)4-5-15(13)23-10-12-3-1-2-7-18-12/h1-9H,10H2,(H,19,21)(H,20,22). The summed E-state index contributed by atoms with van der Waals surface area (Å²) in [5.41, 5.74) is 1.32. The van der Waals surface area contributed by atoms with Crippen LogP contribution in [0.1, 0.15) is 16.2 Å². The fourth-order valence-corrected chi connectivity index (χ4v) is 1.91. The Morgan fingerprint density at radius 3 is 2.83 bits per heavy atom. The van der Waals surface area contributed by atoms with Crippen molar-refractivity contribution in [3.05, 3.63) is 72.1 Å². The van der Waals surface area contributed by atoms with Crippen molar-refractivity contribution in [2.24, 2.45) is 0 Å². The molecule has 0 unspecified atom stereocenters. The van der Waals surface area contributed by atoms with Crippen LogP contribution in [0.2, 0.25) is 0 Å². The maximum Gasteiger partial charge on any atom is 0.273 e. The highest BCUT2D eigenvalue weighted by molar-refractivity contribution is 6.02. The zero-order valence-electron chi connectivity index (χ0n) is 12.0. The summed E-state index contributed by atoms with van der Waals surface area (Å²) in [6.07, 6.45) is 3.10. The zero-order chi connectivity index (χ0) is 16.1. The van der Waals surface area contributed by atoms with Gasteiger partial charge in [0, 0.05) is 24.1 Å². The number of benzene rings is 1. The van der Waals surface area contributed by atoms with Crippen molar-refractivity contribution in [2.45, 2.75) is 6.61 Å². The second-order valence-electron chi connectivity index (χ2n) is 4.68. The molecule has 0 bridgehead atoms. The number of hydrogen-bond donors (Lipinski definition) is 2. The van der Waals surface area contributed by atoms with Crippen LogP contribution >= 0.6 is 0 Å². The molecule has 0 saturated heterocycles. The van der Waals surface area contributed by atoms with Crippen molar-refractivity contribution >= 4 is 11.6 Å². The van der Waals surface area contributed by atoms with E-state index in [9.17, 15) is 9.18 Å². The van der Waals surface area contributed by atoms with E-state index < -0.39 is 11.7 Å². The smallest absolute Gasteiger partial charge is 0.273 e. The monoisotopic (exact) mass is 312 g/mol. The molecule has 0 saturated carbocycles. The molecule has 3 aromatic rings. The molecule has 2 aromatic heterocycles. The number of nitrogens with one attached hydrogen (secondary N) is 2. The predicted octanol–water partition coefficient (Wildman–Crippen LogP) is 2.78. The van der Waals surface area contributed by atoms with Crippen molar-refractivity contribution < 1.29 is 13.9 Å². The van der Waals surface area contributed by atoms with Gasteiger partial charge in [-0.15, -0.1) is 0 Å². The van der Waals surface area contributed by atoms with Crippen molar-refractivity contribution in [1.29, 1.82) is 0 Å². The lowest BCUT2D eigenvalue weighted by Gasteiger charge is -2.09. The average molecular weight is 312 g/mol. The van der Waals surface area contributed by atoms with Gasteiger partial charge >= 0.3 is 0 Å². The van der Waals surface area contributed by atoms with Gasteiger partial charge in [0.05, 0.1) is 5.69 Å². The molecule has 0 atom stereocenters. The van der Waals surface area contributed by atoms with E-state index in [0.717, 1.165) is 0 Å². The van der Waals surface area contributed by atoms with E-state index in [1.54, 1.807) is 24.4 Å². The highest BCUT2D eigenvalue weighted by atomic mass is 19.1. The summed E-state index contributed by atoms with van der Waals surface area (Å²) in [6.45, 7) is 0.164. The minimum Gasteiger partial charge on any atom is -0.484 e. The Balaban J connectivity index is 1.65. The number of aromatic amines is 1. The molecule has 2 N–H and O–H groups in total. The van der Waals surface area contributed by atoms with Crippen LogP contribution < -0.4 is 10.1 Å². The van der Waals surface area contributed by atoms with E-state index >= 15 is 0 Å². The lowest BCUT2D eigenvalue weighted by molar-refractivity contribution is 0.102. The first-order valence-corrected chi connectivity index (χ1v) is 6.85. The Kier molecular flexibility index (Phi) is 4.28. The summed E-state index contributed by atoms with van der Waals surface area (Å²) >= 11 is 0. The number of hydrogen-bond acceptors (Lipinski definition) is 4. The number of ether oxygens (including phenoxy) is 1. The first-order valence-electron chi connectivity index (χ1n) is 6.85. The minimum absolute atomic E-state index is 0.0928. The van der Waals surface area contributed by atoms with Gasteiger partial charge in [0.1, 0.15) is 12.3 Å². The van der Waals surface area contributed by atoms with Gasteiger partial charge in [-0.1, -0.05) is 6.07 Å². The van der Waals surface area contributed by atoms with Gasteiger partial charge in [-0.2, -0.15) is 5.10 Å². The topological polar surface area (TPSA) is 79.9 Å². The number of rotatable bonds is 5. The quantitative estimate of drug-likeness (QED) is 0.759. The molecule has 3 rings (SSSR count). The van der Waals surface area contributed by atoms with E-state index in [4.69, 9.17) is 4.74 Å². The molecule has 6 nitrogen and oxygen atoms in total. The van der Waals surface area contributed by atoms with Crippen LogP contribution in [-0.4, -0.2) is 21.1 Å². The largest absolute Gasteiger partial charge is 0.484 e. The third kappa shape index (κ3) is 3.70. The number of nitrogens with zero attached hydrogens (tertiary/aromatic N) is 2. The Hall–Kier alpha value is -3.22. The van der Waals surface area contributed by atoms with Crippen molar-refractivity contribution in [3.8, 4) is 5.75 Å². The lowest BCUT2D eigenvalue weighted by Crippen LogP contribution is -2.12. The second kappa shape index (κ2) is 6.69. The molecule has 116 valence electrons. The molecule has 0 aliphatic rings. The third-order valence-corrected chi connectivity index (χ3v) is 3.04. The highest BCUT2D eigenvalue weighted by Gasteiger charge is 2.10. The van der Waals surface area contributed by atoms with E-state index in [0.29, 0.717) is 17.1 Å². The normalized spacial score (nSPS) is 10.3. The van der Waals surface area contributed by atoms with E-state index in [1.807, 2.05) is 6.07 Å². The number of carbonyl (C=O) groups excluding carboxylic acids is 1. The summed E-state index contributed by atoms with van der Waals surface area (Å²) in [7, 11) is 0. The number of carbonyl (C=O) groups is 1. The molecular formula is C16H13FN4O2. The van der Waals surface area contributed by atoms with Gasteiger partial charge in [0.2, 0.25) is 0 Å². The number of halogens is 1. The molecule has 0 aliphatic heterocycles. The summed E-state index contributed by atoms with van der Waals surface area (Å²) in [5, 5.41) is 8.79. The summed E-state index contributed by atoms with van der Waals surface area (Å²) in [6, 6.07) is 11.2. The van der Waals surface area contributed by atoms with Gasteiger partial charge in [0.15, 0.2) is 11.6 Å². The average Bonchev–Trinajstić information content (AvgIpc) is 3.10. The van der Waals surface area contributed by atoms with Crippen LogP contribution in [0.15, 0.2) is 54.9 Å². The van der Waals surface area contributed by atoms with Gasteiger partial charge in [0.25, 0.3) is 5.91 Å². The number of aromatic nitrogens is 3. The molecule has 1 aromatic carbocycles. The molecule has 0 aliphatic carbocycles. The van der Waals surface area contributed by atoms with Crippen molar-refractivity contribution in [2.75, 3.05) is 5.32 Å². The molecule has 0 radical (unpaired) electrons. The predicted molar refractivity (Wildman–Crippen MR) is 81.5 cm³/mol. The second-order valence-corrected chi connectivity index (χ2v) is 4.68. The van der Waals surface area contributed by atoms with Crippen LogP contribution in [0.5, 0.6) is 5.75 Å². The number of amides is 1. The molecule has 7 heteroatoms. The fourth-order valence-electron chi connectivity index (χ4n) is 1.91. The van der Waals surface area contributed by atoms with Gasteiger partial charge in [-0.05, 0) is 30.3 Å². The molecule has 23 heavy (non-hydrogen) atoms. The van der Waals surface area contributed by atoms with Crippen molar-refractivity contribution in [3.63, 3.8) is 0 Å². The summed E-state index contributed by atoms with van der Waals surface area (Å²) < 4.78 is 19.4. The number of H-pyrrole nitrogens is 1. The van der Waals surface area contributed by atoms with Gasteiger partial charge < -0.3 is 10.1 Å². The third-order valence-electron chi connectivity index (χ3n) is 3.04. The van der Waals surface area contributed by atoms with Crippen LogP contribution in [0, 0.1) is 5.82 Å². The molecule has 0 fully saturated rings. The minimum atomic E-state index is -0.566. The highest BCUT2D eigenvalue weighted by Crippen LogP contribution is 2.22. The van der Waals surface area contributed by atoms with Crippen LogP contribution in [-0.2, 0) is 6.61 Å². The number of anilines is 1. The maximum absolute atomic E-state index is 14.0. The zero-order valence-corrected chi connectivity index (χ0v) is 12.0. The SMILES string of the molecule is O=C(Nc1ccc(OCc2ccccn2)c(F)c1)c1ccn[nH]1. The molecular weight excluding hydrogens is 299 g/mol. The lowest BCUT2D eigenvalue weighted by atomic mass is 10.2. The summed E-state index contributed by atoms with van der Waals surface area (Å²) in [5.74, 6) is -0.873. The fraction of sp³-hybridized carbons (Fsp3) is 0.0625.